The first-order valence-corrected chi connectivity index (χ1v) is 5.85. The van der Waals surface area contributed by atoms with Crippen molar-refractivity contribution in [2.24, 2.45) is 17.8 Å². The van der Waals surface area contributed by atoms with Gasteiger partial charge in [0, 0.05) is 6.42 Å². The Morgan fingerprint density at radius 3 is 2.36 bits per heavy atom. The molecule has 1 aliphatic carbocycles. The van der Waals surface area contributed by atoms with Crippen LogP contribution in [-0.4, -0.2) is 11.1 Å². The highest BCUT2D eigenvalue weighted by Gasteiger charge is 2.25. The summed E-state index contributed by atoms with van der Waals surface area (Å²) in [5, 5.41) is 8.71. The van der Waals surface area contributed by atoms with E-state index in [9.17, 15) is 4.79 Å². The molecule has 0 aromatic heterocycles. The van der Waals surface area contributed by atoms with Gasteiger partial charge in [0.1, 0.15) is 0 Å². The number of hydrogen-bond donors (Lipinski definition) is 1. The van der Waals surface area contributed by atoms with Gasteiger partial charge in [0.05, 0.1) is 0 Å². The Hall–Kier alpha value is -0.530. The molecule has 0 amide bonds. The van der Waals surface area contributed by atoms with Gasteiger partial charge in [-0.1, -0.05) is 33.1 Å². The third-order valence-electron chi connectivity index (χ3n) is 3.77. The SMILES string of the molecule is CCC1CCC(C(C)CC(=O)O)CC1. The van der Waals surface area contributed by atoms with Gasteiger partial charge < -0.3 is 5.11 Å². The maximum Gasteiger partial charge on any atom is 0.303 e. The molecule has 1 rings (SSSR count). The second-order valence-electron chi connectivity index (χ2n) is 4.76. The predicted molar refractivity (Wildman–Crippen MR) is 57.2 cm³/mol. The molecule has 2 nitrogen and oxygen atoms in total. The Kier molecular flexibility index (Phi) is 4.43. The van der Waals surface area contributed by atoms with Crippen molar-refractivity contribution in [2.45, 2.75) is 52.4 Å². The molecule has 0 radical (unpaired) electrons. The molecule has 0 aromatic carbocycles. The van der Waals surface area contributed by atoms with E-state index in [0.717, 1.165) is 5.92 Å². The lowest BCUT2D eigenvalue weighted by Gasteiger charge is -2.31. The molecule has 0 bridgehead atoms. The third kappa shape index (κ3) is 3.32. The molecule has 1 unspecified atom stereocenters. The maximum absolute atomic E-state index is 10.6. The summed E-state index contributed by atoms with van der Waals surface area (Å²) < 4.78 is 0. The van der Waals surface area contributed by atoms with Crippen LogP contribution in [0.4, 0.5) is 0 Å². The number of rotatable bonds is 4. The van der Waals surface area contributed by atoms with Crippen molar-refractivity contribution in [3.05, 3.63) is 0 Å². The van der Waals surface area contributed by atoms with Gasteiger partial charge >= 0.3 is 5.97 Å². The number of carboxylic acids is 1. The molecule has 1 fully saturated rings. The first-order valence-electron chi connectivity index (χ1n) is 5.85. The molecule has 82 valence electrons. The molecular weight excluding hydrogens is 176 g/mol. The molecule has 0 spiro atoms. The van der Waals surface area contributed by atoms with Crippen LogP contribution in [0.15, 0.2) is 0 Å². The second-order valence-corrected chi connectivity index (χ2v) is 4.76. The number of aliphatic carboxylic acids is 1. The maximum atomic E-state index is 10.6. The van der Waals surface area contributed by atoms with E-state index in [-0.39, 0.29) is 0 Å². The van der Waals surface area contributed by atoms with Crippen LogP contribution in [0, 0.1) is 17.8 Å². The zero-order chi connectivity index (χ0) is 10.6. The molecule has 1 N–H and O–H groups in total. The van der Waals surface area contributed by atoms with Crippen molar-refractivity contribution in [1.29, 1.82) is 0 Å². The molecule has 1 saturated carbocycles. The fraction of sp³-hybridized carbons (Fsp3) is 0.917. The summed E-state index contributed by atoms with van der Waals surface area (Å²) in [6.45, 7) is 4.34. The summed E-state index contributed by atoms with van der Waals surface area (Å²) in [4.78, 5) is 10.6. The van der Waals surface area contributed by atoms with Crippen LogP contribution in [0.5, 0.6) is 0 Å². The summed E-state index contributed by atoms with van der Waals surface area (Å²) >= 11 is 0. The fourth-order valence-electron chi connectivity index (χ4n) is 2.61. The minimum atomic E-state index is -0.643. The first kappa shape index (κ1) is 11.5. The lowest BCUT2D eigenvalue weighted by atomic mass is 9.75. The second kappa shape index (κ2) is 5.38. The standard InChI is InChI=1S/C12H22O2/c1-3-10-4-6-11(7-5-10)9(2)8-12(13)14/h9-11H,3-8H2,1-2H3,(H,13,14). The number of hydrogen-bond acceptors (Lipinski definition) is 1. The number of carboxylic acid groups (broad SMARTS) is 1. The molecule has 0 saturated heterocycles. The Labute approximate surface area is 86.7 Å². The van der Waals surface area contributed by atoms with Crippen LogP contribution in [0.1, 0.15) is 52.4 Å². The van der Waals surface area contributed by atoms with Crippen molar-refractivity contribution in [1.82, 2.24) is 0 Å². The zero-order valence-electron chi connectivity index (χ0n) is 9.33. The highest BCUT2D eigenvalue weighted by atomic mass is 16.4. The predicted octanol–water partition coefficient (Wildman–Crippen LogP) is 3.31. The normalized spacial score (nSPS) is 29.9. The largest absolute Gasteiger partial charge is 0.481 e. The smallest absolute Gasteiger partial charge is 0.303 e. The Balaban J connectivity index is 2.30. The van der Waals surface area contributed by atoms with Gasteiger partial charge in [-0.25, -0.2) is 0 Å². The Morgan fingerprint density at radius 1 is 1.36 bits per heavy atom. The van der Waals surface area contributed by atoms with Gasteiger partial charge in [-0.2, -0.15) is 0 Å². The molecular formula is C12H22O2. The van der Waals surface area contributed by atoms with E-state index in [1.54, 1.807) is 0 Å². The van der Waals surface area contributed by atoms with Gasteiger partial charge in [0.15, 0.2) is 0 Å². The van der Waals surface area contributed by atoms with Crippen molar-refractivity contribution in [2.75, 3.05) is 0 Å². The number of carbonyl (C=O) groups is 1. The van der Waals surface area contributed by atoms with Crippen molar-refractivity contribution in [3.8, 4) is 0 Å². The molecule has 1 aliphatic rings. The average Bonchev–Trinajstić information content (AvgIpc) is 2.17. The molecule has 14 heavy (non-hydrogen) atoms. The fourth-order valence-corrected chi connectivity index (χ4v) is 2.61. The first-order chi connectivity index (χ1) is 6.63. The highest BCUT2D eigenvalue weighted by molar-refractivity contribution is 5.66. The highest BCUT2D eigenvalue weighted by Crippen LogP contribution is 2.35. The third-order valence-corrected chi connectivity index (χ3v) is 3.77. The van der Waals surface area contributed by atoms with Crippen LogP contribution in [-0.2, 0) is 4.79 Å². The van der Waals surface area contributed by atoms with E-state index in [0.29, 0.717) is 18.3 Å². The monoisotopic (exact) mass is 198 g/mol. The molecule has 0 aliphatic heterocycles. The summed E-state index contributed by atoms with van der Waals surface area (Å²) in [5.41, 5.74) is 0. The van der Waals surface area contributed by atoms with Crippen molar-refractivity contribution >= 4 is 5.97 Å². The van der Waals surface area contributed by atoms with Gasteiger partial charge in [-0.15, -0.1) is 0 Å². The lowest BCUT2D eigenvalue weighted by molar-refractivity contribution is -0.138. The minimum Gasteiger partial charge on any atom is -0.481 e. The van der Waals surface area contributed by atoms with E-state index in [4.69, 9.17) is 5.11 Å². The van der Waals surface area contributed by atoms with Gasteiger partial charge in [-0.3, -0.25) is 4.79 Å². The molecule has 0 aromatic rings. The molecule has 2 heteroatoms. The lowest BCUT2D eigenvalue weighted by Crippen LogP contribution is -2.21. The summed E-state index contributed by atoms with van der Waals surface area (Å²) in [6, 6.07) is 0. The van der Waals surface area contributed by atoms with Crippen LogP contribution < -0.4 is 0 Å². The zero-order valence-corrected chi connectivity index (χ0v) is 9.33. The molecule has 0 heterocycles. The summed E-state index contributed by atoms with van der Waals surface area (Å²) in [6.07, 6.45) is 6.75. The van der Waals surface area contributed by atoms with E-state index in [1.807, 2.05) is 0 Å². The van der Waals surface area contributed by atoms with E-state index >= 15 is 0 Å². The quantitative estimate of drug-likeness (QED) is 0.752. The van der Waals surface area contributed by atoms with Crippen LogP contribution in [0.25, 0.3) is 0 Å². The van der Waals surface area contributed by atoms with Gasteiger partial charge in [-0.05, 0) is 30.6 Å². The average molecular weight is 198 g/mol. The minimum absolute atomic E-state index is 0.349. The van der Waals surface area contributed by atoms with Crippen molar-refractivity contribution < 1.29 is 9.90 Å². The summed E-state index contributed by atoms with van der Waals surface area (Å²) in [5.74, 6) is 1.29. The van der Waals surface area contributed by atoms with E-state index in [1.165, 1.54) is 32.1 Å². The Morgan fingerprint density at radius 2 is 1.93 bits per heavy atom. The van der Waals surface area contributed by atoms with Crippen LogP contribution in [0.2, 0.25) is 0 Å². The van der Waals surface area contributed by atoms with Crippen LogP contribution >= 0.6 is 0 Å². The van der Waals surface area contributed by atoms with Crippen LogP contribution in [0.3, 0.4) is 0 Å². The summed E-state index contributed by atoms with van der Waals surface area (Å²) in [7, 11) is 0. The molecule has 1 atom stereocenters. The van der Waals surface area contributed by atoms with Crippen molar-refractivity contribution in [3.63, 3.8) is 0 Å². The topological polar surface area (TPSA) is 37.3 Å². The van der Waals surface area contributed by atoms with E-state index in [2.05, 4.69) is 13.8 Å². The van der Waals surface area contributed by atoms with E-state index < -0.39 is 5.97 Å². The van der Waals surface area contributed by atoms with Gasteiger partial charge in [0.2, 0.25) is 0 Å². The Bertz CT molecular complexity index is 181. The van der Waals surface area contributed by atoms with Gasteiger partial charge in [0.25, 0.3) is 0 Å².